The topological polar surface area (TPSA) is 53.1 Å². The van der Waals surface area contributed by atoms with Gasteiger partial charge in [-0.1, -0.05) is 69.4 Å². The molecule has 1 aliphatic carbocycles. The largest absolute Gasteiger partial charge is 0.440 e. The van der Waals surface area contributed by atoms with E-state index in [0.717, 1.165) is 83.2 Å². The van der Waals surface area contributed by atoms with Crippen molar-refractivity contribution < 1.29 is 14.3 Å². The van der Waals surface area contributed by atoms with Gasteiger partial charge in [-0.3, -0.25) is 9.69 Å². The zero-order valence-corrected chi connectivity index (χ0v) is 22.9. The Bertz CT molecular complexity index is 884. The van der Waals surface area contributed by atoms with E-state index in [9.17, 15) is 9.59 Å². The molecule has 1 saturated carbocycles. The second-order valence-corrected chi connectivity index (χ2v) is 12.1. The van der Waals surface area contributed by atoms with Crippen molar-refractivity contribution in [2.24, 2.45) is 5.92 Å². The Balaban J connectivity index is 1.14. The van der Waals surface area contributed by atoms with Crippen molar-refractivity contribution in [1.29, 1.82) is 0 Å². The van der Waals surface area contributed by atoms with Crippen molar-refractivity contribution in [3.8, 4) is 0 Å². The van der Waals surface area contributed by atoms with E-state index < -0.39 is 0 Å². The van der Waals surface area contributed by atoms with E-state index in [1.807, 2.05) is 30.3 Å². The summed E-state index contributed by atoms with van der Waals surface area (Å²) in [6.07, 6.45) is 14.3. The summed E-state index contributed by atoms with van der Waals surface area (Å²) in [5.74, 6) is 0.896. The van der Waals surface area contributed by atoms with E-state index in [1.165, 1.54) is 32.1 Å². The van der Waals surface area contributed by atoms with Gasteiger partial charge in [-0.25, -0.2) is 4.79 Å². The Kier molecular flexibility index (Phi) is 8.74. The monoisotopic (exact) mass is 509 g/mol. The number of carbonyl (C=O) groups is 2. The van der Waals surface area contributed by atoms with Crippen molar-refractivity contribution in [3.05, 3.63) is 35.9 Å². The molecule has 0 bridgehead atoms. The first-order chi connectivity index (χ1) is 18.1. The molecule has 3 aliphatic heterocycles. The number of unbranched alkanes of at least 4 members (excludes halogenated alkanes) is 1. The normalized spacial score (nSPS) is 25.5. The quantitative estimate of drug-likeness (QED) is 0.455. The van der Waals surface area contributed by atoms with Crippen LogP contribution in [0.15, 0.2) is 30.3 Å². The Morgan fingerprint density at radius 1 is 0.973 bits per heavy atom. The summed E-state index contributed by atoms with van der Waals surface area (Å²) in [5.41, 5.74) is 0.793. The van der Waals surface area contributed by atoms with Crippen LogP contribution in [0.1, 0.15) is 89.5 Å². The molecule has 0 radical (unpaired) electrons. The van der Waals surface area contributed by atoms with Crippen LogP contribution in [0.3, 0.4) is 0 Å². The second-order valence-electron chi connectivity index (χ2n) is 12.1. The highest BCUT2D eigenvalue weighted by Gasteiger charge is 2.55. The lowest BCUT2D eigenvalue weighted by molar-refractivity contribution is -0.132. The van der Waals surface area contributed by atoms with Gasteiger partial charge in [-0.2, -0.15) is 0 Å². The van der Waals surface area contributed by atoms with E-state index in [1.54, 1.807) is 0 Å². The van der Waals surface area contributed by atoms with E-state index >= 15 is 0 Å². The molecule has 1 aromatic carbocycles. The number of likely N-dealkylation sites (tertiary alicyclic amines) is 2. The van der Waals surface area contributed by atoms with Crippen LogP contribution in [0.5, 0.6) is 0 Å². The molecular formula is C31H47N3O3. The Morgan fingerprint density at radius 3 is 2.35 bits per heavy atom. The van der Waals surface area contributed by atoms with Gasteiger partial charge in [0.15, 0.2) is 0 Å². The minimum atomic E-state index is -0.302. The number of piperidine rings is 2. The van der Waals surface area contributed by atoms with E-state index in [2.05, 4.69) is 21.6 Å². The zero-order valence-electron chi connectivity index (χ0n) is 22.9. The maximum Gasteiger partial charge on any atom is 0.410 e. The molecular weight excluding hydrogens is 462 g/mol. The van der Waals surface area contributed by atoms with Gasteiger partial charge in [-0.05, 0) is 43.6 Å². The van der Waals surface area contributed by atoms with Gasteiger partial charge in [-0.15, -0.1) is 0 Å². The molecule has 37 heavy (non-hydrogen) atoms. The third kappa shape index (κ3) is 6.16. The molecule has 3 saturated heterocycles. The second kappa shape index (κ2) is 12.2. The van der Waals surface area contributed by atoms with Crippen LogP contribution in [0.4, 0.5) is 4.79 Å². The standard InChI is InChI=1S/C31H47N3O3/c1-2-3-14-28-31(37-30(36)34(28)24-26-12-8-5-9-13-26)17-21-32(22-18-31)27-15-19-33(20-16-27)29(35)23-25-10-6-4-7-11-25/h4,6-7,10-11,26-28H,2-3,5,8-9,12-24H2,1H3. The highest BCUT2D eigenvalue weighted by atomic mass is 16.6. The first-order valence-electron chi connectivity index (χ1n) is 15.1. The summed E-state index contributed by atoms with van der Waals surface area (Å²) >= 11 is 0. The molecule has 3 heterocycles. The molecule has 1 spiro atoms. The van der Waals surface area contributed by atoms with Gasteiger partial charge in [0.05, 0.1) is 12.5 Å². The number of amides is 2. The van der Waals surface area contributed by atoms with Crippen LogP contribution in [-0.2, 0) is 16.0 Å². The highest BCUT2D eigenvalue weighted by Crippen LogP contribution is 2.42. The number of rotatable bonds is 8. The third-order valence-electron chi connectivity index (χ3n) is 9.70. The minimum absolute atomic E-state index is 0.0506. The van der Waals surface area contributed by atoms with Gasteiger partial charge >= 0.3 is 6.09 Å². The fraction of sp³-hybridized carbons (Fsp3) is 0.742. The van der Waals surface area contributed by atoms with Gasteiger partial charge < -0.3 is 14.5 Å². The maximum atomic E-state index is 13.2. The Hall–Kier alpha value is -2.08. The van der Waals surface area contributed by atoms with Gasteiger partial charge in [0.2, 0.25) is 5.91 Å². The van der Waals surface area contributed by atoms with Gasteiger partial charge in [0.1, 0.15) is 5.60 Å². The summed E-state index contributed by atoms with van der Waals surface area (Å²) in [6, 6.07) is 10.8. The SMILES string of the molecule is CCCCC1N(CC2CCCCC2)C(=O)OC12CCN(C1CCN(C(=O)Cc3ccccc3)CC1)CC2. The van der Waals surface area contributed by atoms with Crippen LogP contribution in [-0.4, -0.2) is 77.1 Å². The smallest absolute Gasteiger partial charge is 0.410 e. The predicted molar refractivity (Wildman–Crippen MR) is 146 cm³/mol. The number of hydrogen-bond donors (Lipinski definition) is 0. The molecule has 4 fully saturated rings. The highest BCUT2D eigenvalue weighted by molar-refractivity contribution is 5.78. The Morgan fingerprint density at radius 2 is 1.68 bits per heavy atom. The lowest BCUT2D eigenvalue weighted by atomic mass is 9.80. The number of hydrogen-bond acceptors (Lipinski definition) is 4. The molecule has 5 rings (SSSR count). The molecule has 0 aromatic heterocycles. The fourth-order valence-electron chi connectivity index (χ4n) is 7.44. The van der Waals surface area contributed by atoms with Crippen molar-refractivity contribution in [2.45, 2.75) is 108 Å². The number of ether oxygens (including phenoxy) is 1. The van der Waals surface area contributed by atoms with E-state index in [4.69, 9.17) is 4.74 Å². The summed E-state index contributed by atoms with van der Waals surface area (Å²) in [6.45, 7) is 6.83. The van der Waals surface area contributed by atoms with E-state index in [-0.39, 0.29) is 23.6 Å². The molecule has 1 unspecified atom stereocenters. The first kappa shape index (κ1) is 26.5. The predicted octanol–water partition coefficient (Wildman–Crippen LogP) is 5.65. The minimum Gasteiger partial charge on any atom is -0.440 e. The van der Waals surface area contributed by atoms with Crippen LogP contribution < -0.4 is 0 Å². The average Bonchev–Trinajstić information content (AvgIpc) is 3.18. The van der Waals surface area contributed by atoms with Crippen molar-refractivity contribution in [1.82, 2.24) is 14.7 Å². The van der Waals surface area contributed by atoms with Crippen LogP contribution >= 0.6 is 0 Å². The van der Waals surface area contributed by atoms with E-state index in [0.29, 0.717) is 18.4 Å². The molecule has 6 heteroatoms. The lowest BCUT2D eigenvalue weighted by Crippen LogP contribution is -2.56. The molecule has 1 aromatic rings. The zero-order chi connectivity index (χ0) is 25.7. The van der Waals surface area contributed by atoms with Gasteiger partial charge in [0, 0.05) is 51.6 Å². The molecule has 4 aliphatic rings. The van der Waals surface area contributed by atoms with Crippen molar-refractivity contribution in [3.63, 3.8) is 0 Å². The Labute approximate surface area is 223 Å². The molecule has 204 valence electrons. The maximum absolute atomic E-state index is 13.2. The van der Waals surface area contributed by atoms with Crippen LogP contribution in [0.25, 0.3) is 0 Å². The lowest BCUT2D eigenvalue weighted by Gasteiger charge is -2.46. The number of benzene rings is 1. The van der Waals surface area contributed by atoms with Crippen LogP contribution in [0.2, 0.25) is 0 Å². The summed E-state index contributed by atoms with van der Waals surface area (Å²) in [4.78, 5) is 32.8. The third-order valence-corrected chi connectivity index (χ3v) is 9.70. The van der Waals surface area contributed by atoms with Crippen molar-refractivity contribution in [2.75, 3.05) is 32.7 Å². The molecule has 0 N–H and O–H groups in total. The number of carbonyl (C=O) groups excluding carboxylic acids is 2. The summed E-state index contributed by atoms with van der Waals surface area (Å²) < 4.78 is 6.30. The molecule has 1 atom stereocenters. The van der Waals surface area contributed by atoms with Crippen LogP contribution in [0, 0.1) is 5.92 Å². The molecule has 6 nitrogen and oxygen atoms in total. The molecule has 2 amide bonds. The summed E-state index contributed by atoms with van der Waals surface area (Å²) in [5, 5.41) is 0. The first-order valence-corrected chi connectivity index (χ1v) is 15.1. The van der Waals surface area contributed by atoms with Crippen molar-refractivity contribution >= 4 is 12.0 Å². The van der Waals surface area contributed by atoms with Gasteiger partial charge in [0.25, 0.3) is 0 Å². The fourth-order valence-corrected chi connectivity index (χ4v) is 7.44. The average molecular weight is 510 g/mol. The number of nitrogens with zero attached hydrogens (tertiary/aromatic N) is 3. The summed E-state index contributed by atoms with van der Waals surface area (Å²) in [7, 11) is 0.